The summed E-state index contributed by atoms with van der Waals surface area (Å²) in [6.07, 6.45) is 2.63. The number of aliphatic hydroxyl groups excluding tert-OH is 1. The van der Waals surface area contributed by atoms with Crippen LogP contribution in [0.3, 0.4) is 0 Å². The Hall–Kier alpha value is -3.12. The summed E-state index contributed by atoms with van der Waals surface area (Å²) in [5.41, 5.74) is 1.89. The Kier molecular flexibility index (Phi) is 5.11. The molecule has 0 saturated carbocycles. The molecule has 2 N–H and O–H groups in total. The predicted octanol–water partition coefficient (Wildman–Crippen LogP) is 2.34. The van der Waals surface area contributed by atoms with Crippen LogP contribution in [0.1, 0.15) is 22.0 Å². The zero-order valence-electron chi connectivity index (χ0n) is 13.8. The highest BCUT2D eigenvalue weighted by Crippen LogP contribution is 2.18. The van der Waals surface area contributed by atoms with Gasteiger partial charge in [0.15, 0.2) is 0 Å². The Bertz CT molecular complexity index is 829. The maximum Gasteiger partial charge on any atom is 0.253 e. The Labute approximate surface area is 145 Å². The molecule has 3 aromatic rings. The number of para-hydroxylation sites is 1. The van der Waals surface area contributed by atoms with Gasteiger partial charge in [0.1, 0.15) is 5.75 Å². The van der Waals surface area contributed by atoms with Crippen molar-refractivity contribution in [2.45, 2.75) is 6.10 Å². The molecule has 0 aliphatic rings. The first-order valence-corrected chi connectivity index (χ1v) is 7.88. The van der Waals surface area contributed by atoms with Gasteiger partial charge in [-0.05, 0) is 35.9 Å². The number of carbonyl (C=O) groups excluding carboxylic acids is 1. The van der Waals surface area contributed by atoms with Crippen LogP contribution in [-0.2, 0) is 0 Å². The van der Waals surface area contributed by atoms with Gasteiger partial charge in [-0.3, -0.25) is 4.79 Å². The van der Waals surface area contributed by atoms with Crippen molar-refractivity contribution in [1.29, 1.82) is 0 Å². The highest BCUT2D eigenvalue weighted by molar-refractivity contribution is 5.97. The lowest BCUT2D eigenvalue weighted by Gasteiger charge is -2.14. The van der Waals surface area contributed by atoms with Crippen molar-refractivity contribution >= 4 is 5.91 Å². The molecule has 0 aliphatic carbocycles. The molecule has 3 rings (SSSR count). The molecule has 1 amide bonds. The molecular weight excluding hydrogens is 318 g/mol. The van der Waals surface area contributed by atoms with Crippen molar-refractivity contribution in [2.75, 3.05) is 13.7 Å². The molecule has 1 heterocycles. The number of rotatable bonds is 6. The SMILES string of the molecule is COc1ccc(C(O)CNC(=O)c2ccccc2-n2cccn2)cc1. The van der Waals surface area contributed by atoms with Gasteiger partial charge in [0.05, 0.1) is 24.5 Å². The lowest BCUT2D eigenvalue weighted by molar-refractivity contribution is 0.0916. The Morgan fingerprint density at radius 2 is 1.96 bits per heavy atom. The number of hydrogen-bond acceptors (Lipinski definition) is 4. The topological polar surface area (TPSA) is 76.4 Å². The minimum Gasteiger partial charge on any atom is -0.497 e. The summed E-state index contributed by atoms with van der Waals surface area (Å²) in [5.74, 6) is 0.451. The zero-order valence-corrected chi connectivity index (χ0v) is 13.8. The Balaban J connectivity index is 1.68. The predicted molar refractivity (Wildman–Crippen MR) is 93.9 cm³/mol. The van der Waals surface area contributed by atoms with Crippen LogP contribution in [0.15, 0.2) is 67.0 Å². The highest BCUT2D eigenvalue weighted by atomic mass is 16.5. The molecule has 0 aliphatic heterocycles. The van der Waals surface area contributed by atoms with Crippen molar-refractivity contribution < 1.29 is 14.6 Å². The molecule has 128 valence electrons. The van der Waals surface area contributed by atoms with Crippen LogP contribution in [0.5, 0.6) is 5.75 Å². The van der Waals surface area contributed by atoms with E-state index in [2.05, 4.69) is 10.4 Å². The first-order chi connectivity index (χ1) is 12.2. The Morgan fingerprint density at radius 3 is 2.64 bits per heavy atom. The van der Waals surface area contributed by atoms with E-state index in [9.17, 15) is 9.90 Å². The average molecular weight is 337 g/mol. The molecule has 6 heteroatoms. The highest BCUT2D eigenvalue weighted by Gasteiger charge is 2.15. The van der Waals surface area contributed by atoms with E-state index in [1.54, 1.807) is 66.6 Å². The molecule has 0 radical (unpaired) electrons. The number of carbonyl (C=O) groups is 1. The van der Waals surface area contributed by atoms with Gasteiger partial charge in [-0.25, -0.2) is 4.68 Å². The third-order valence-electron chi connectivity index (χ3n) is 3.86. The summed E-state index contributed by atoms with van der Waals surface area (Å²) < 4.78 is 6.73. The molecule has 2 aromatic carbocycles. The van der Waals surface area contributed by atoms with Gasteiger partial charge in [0.2, 0.25) is 0 Å². The second-order valence-electron chi connectivity index (χ2n) is 5.47. The molecule has 1 unspecified atom stereocenters. The van der Waals surface area contributed by atoms with Gasteiger partial charge < -0.3 is 15.2 Å². The fourth-order valence-corrected chi connectivity index (χ4v) is 2.51. The van der Waals surface area contributed by atoms with Crippen LogP contribution in [-0.4, -0.2) is 34.4 Å². The van der Waals surface area contributed by atoms with Gasteiger partial charge in [0.25, 0.3) is 5.91 Å². The van der Waals surface area contributed by atoms with Gasteiger partial charge in [-0.1, -0.05) is 24.3 Å². The van der Waals surface area contributed by atoms with E-state index in [0.717, 1.165) is 0 Å². The molecule has 25 heavy (non-hydrogen) atoms. The number of methoxy groups -OCH3 is 1. The standard InChI is InChI=1S/C19H19N3O3/c1-25-15-9-7-14(8-10-15)18(23)13-20-19(24)16-5-2-3-6-17(16)22-12-4-11-21-22/h2-12,18,23H,13H2,1H3,(H,20,24). The second kappa shape index (κ2) is 7.63. The molecule has 0 saturated heterocycles. The lowest BCUT2D eigenvalue weighted by Crippen LogP contribution is -2.29. The minimum atomic E-state index is -0.799. The quantitative estimate of drug-likeness (QED) is 0.724. The van der Waals surface area contributed by atoms with E-state index in [1.165, 1.54) is 0 Å². The largest absolute Gasteiger partial charge is 0.497 e. The smallest absolute Gasteiger partial charge is 0.253 e. The monoisotopic (exact) mass is 337 g/mol. The minimum absolute atomic E-state index is 0.110. The van der Waals surface area contributed by atoms with Gasteiger partial charge in [-0.15, -0.1) is 0 Å². The van der Waals surface area contributed by atoms with Crippen LogP contribution < -0.4 is 10.1 Å². The molecule has 1 atom stereocenters. The van der Waals surface area contributed by atoms with E-state index >= 15 is 0 Å². The summed E-state index contributed by atoms with van der Waals surface area (Å²) in [5, 5.41) is 17.2. The van der Waals surface area contributed by atoms with Gasteiger partial charge >= 0.3 is 0 Å². The van der Waals surface area contributed by atoms with Gasteiger partial charge in [-0.2, -0.15) is 5.10 Å². The molecule has 0 fully saturated rings. The zero-order chi connectivity index (χ0) is 17.6. The second-order valence-corrected chi connectivity index (χ2v) is 5.47. The fraction of sp³-hybridized carbons (Fsp3) is 0.158. The molecule has 1 aromatic heterocycles. The number of nitrogens with one attached hydrogen (secondary N) is 1. The summed E-state index contributed by atoms with van der Waals surface area (Å²) in [6.45, 7) is 0.110. The molecule has 6 nitrogen and oxygen atoms in total. The third-order valence-corrected chi connectivity index (χ3v) is 3.86. The number of nitrogens with zero attached hydrogens (tertiary/aromatic N) is 2. The van der Waals surface area contributed by atoms with Crippen molar-refractivity contribution in [3.05, 3.63) is 78.1 Å². The van der Waals surface area contributed by atoms with E-state index < -0.39 is 6.10 Å². The summed E-state index contributed by atoms with van der Waals surface area (Å²) >= 11 is 0. The number of aliphatic hydroxyl groups is 1. The molecule has 0 bridgehead atoms. The summed E-state index contributed by atoms with van der Waals surface area (Å²) in [6, 6.07) is 16.1. The lowest BCUT2D eigenvalue weighted by atomic mass is 10.1. The van der Waals surface area contributed by atoms with Crippen LogP contribution in [0.2, 0.25) is 0 Å². The number of hydrogen-bond donors (Lipinski definition) is 2. The van der Waals surface area contributed by atoms with Crippen molar-refractivity contribution in [2.24, 2.45) is 0 Å². The van der Waals surface area contributed by atoms with Crippen molar-refractivity contribution in [3.63, 3.8) is 0 Å². The Morgan fingerprint density at radius 1 is 1.20 bits per heavy atom. The van der Waals surface area contributed by atoms with Gasteiger partial charge in [0, 0.05) is 18.9 Å². The van der Waals surface area contributed by atoms with E-state index in [0.29, 0.717) is 22.6 Å². The fourth-order valence-electron chi connectivity index (χ4n) is 2.51. The number of amides is 1. The van der Waals surface area contributed by atoms with Crippen molar-refractivity contribution in [1.82, 2.24) is 15.1 Å². The molecule has 0 spiro atoms. The van der Waals surface area contributed by atoms with E-state index in [4.69, 9.17) is 4.74 Å². The van der Waals surface area contributed by atoms with Crippen LogP contribution in [0.25, 0.3) is 5.69 Å². The van der Waals surface area contributed by atoms with Crippen LogP contribution >= 0.6 is 0 Å². The first kappa shape index (κ1) is 16.7. The van der Waals surface area contributed by atoms with E-state index in [1.807, 2.05) is 12.1 Å². The molecular formula is C19H19N3O3. The van der Waals surface area contributed by atoms with Crippen LogP contribution in [0, 0.1) is 0 Å². The number of ether oxygens (including phenoxy) is 1. The average Bonchev–Trinajstić information content (AvgIpc) is 3.20. The number of aromatic nitrogens is 2. The van der Waals surface area contributed by atoms with Crippen LogP contribution in [0.4, 0.5) is 0 Å². The normalized spacial score (nSPS) is 11.8. The summed E-state index contributed by atoms with van der Waals surface area (Å²) in [7, 11) is 1.59. The third kappa shape index (κ3) is 3.87. The summed E-state index contributed by atoms with van der Waals surface area (Å²) in [4.78, 5) is 12.5. The van der Waals surface area contributed by atoms with Crippen molar-refractivity contribution in [3.8, 4) is 11.4 Å². The number of benzene rings is 2. The maximum atomic E-state index is 12.5. The maximum absolute atomic E-state index is 12.5. The first-order valence-electron chi connectivity index (χ1n) is 7.88. The van der Waals surface area contributed by atoms with E-state index in [-0.39, 0.29) is 12.5 Å².